The lowest BCUT2D eigenvalue weighted by Gasteiger charge is -2.17. The number of benzene rings is 2. The van der Waals surface area contributed by atoms with Crippen molar-refractivity contribution in [3.05, 3.63) is 59.7 Å². The molecule has 0 bridgehead atoms. The monoisotopic (exact) mass is 398 g/mol. The Kier molecular flexibility index (Phi) is 7.08. The molecule has 0 aliphatic carbocycles. The first-order chi connectivity index (χ1) is 14.1. The molecule has 1 unspecified atom stereocenters. The van der Waals surface area contributed by atoms with E-state index in [1.54, 1.807) is 12.1 Å². The third-order valence-corrected chi connectivity index (χ3v) is 4.84. The summed E-state index contributed by atoms with van der Waals surface area (Å²) in [6, 6.07) is 15.0. The fourth-order valence-electron chi connectivity index (χ4n) is 3.38. The maximum atomic E-state index is 12.2. The van der Waals surface area contributed by atoms with Crippen LogP contribution in [0.2, 0.25) is 0 Å². The molecule has 1 aliphatic heterocycles. The van der Waals surface area contributed by atoms with E-state index in [0.717, 1.165) is 26.1 Å². The molecule has 0 saturated carbocycles. The number of nitrogens with one attached hydrogen (secondary N) is 1. The largest absolute Gasteiger partial charge is 0.493 e. The Hall–Kier alpha value is -3.06. The van der Waals surface area contributed by atoms with Gasteiger partial charge in [0.15, 0.2) is 18.1 Å². The predicted molar refractivity (Wildman–Crippen MR) is 108 cm³/mol. The highest BCUT2D eigenvalue weighted by Gasteiger charge is 2.24. The number of esters is 1. The smallest absolute Gasteiger partial charge is 0.338 e. The molecular weight excluding hydrogens is 372 g/mol. The highest BCUT2D eigenvalue weighted by atomic mass is 16.5. The van der Waals surface area contributed by atoms with Gasteiger partial charge < -0.3 is 19.5 Å². The number of amides is 1. The van der Waals surface area contributed by atoms with E-state index in [2.05, 4.69) is 22.3 Å². The van der Waals surface area contributed by atoms with Gasteiger partial charge in [-0.05, 0) is 30.2 Å². The van der Waals surface area contributed by atoms with Crippen molar-refractivity contribution in [1.82, 2.24) is 10.2 Å². The van der Waals surface area contributed by atoms with Gasteiger partial charge in [0, 0.05) is 25.7 Å². The van der Waals surface area contributed by atoms with Gasteiger partial charge in [-0.1, -0.05) is 30.3 Å². The molecule has 3 rings (SSSR count). The number of hydrogen-bond acceptors (Lipinski definition) is 6. The lowest BCUT2D eigenvalue weighted by Crippen LogP contribution is -2.39. The molecule has 1 amide bonds. The number of carbonyl (C=O) groups excluding carboxylic acids is 2. The molecule has 0 spiro atoms. The van der Waals surface area contributed by atoms with E-state index in [1.807, 2.05) is 18.2 Å². The van der Waals surface area contributed by atoms with Crippen molar-refractivity contribution in [2.75, 3.05) is 33.9 Å². The molecule has 7 nitrogen and oxygen atoms in total. The Balaban J connectivity index is 1.43. The molecule has 29 heavy (non-hydrogen) atoms. The number of methoxy groups -OCH3 is 2. The third kappa shape index (κ3) is 5.71. The summed E-state index contributed by atoms with van der Waals surface area (Å²) in [5.74, 6) is 0.0579. The molecule has 2 aromatic carbocycles. The molecular formula is C22H26N2O5. The average Bonchev–Trinajstić information content (AvgIpc) is 3.18. The molecule has 1 N–H and O–H groups in total. The van der Waals surface area contributed by atoms with Crippen molar-refractivity contribution in [1.29, 1.82) is 0 Å². The van der Waals surface area contributed by atoms with Crippen LogP contribution in [0.25, 0.3) is 0 Å². The van der Waals surface area contributed by atoms with Gasteiger partial charge in [0.1, 0.15) is 0 Å². The molecule has 1 atom stereocenters. The highest BCUT2D eigenvalue weighted by Crippen LogP contribution is 2.27. The van der Waals surface area contributed by atoms with Crippen molar-refractivity contribution < 1.29 is 23.8 Å². The van der Waals surface area contributed by atoms with Gasteiger partial charge in [0.05, 0.1) is 19.8 Å². The Morgan fingerprint density at radius 3 is 2.55 bits per heavy atom. The highest BCUT2D eigenvalue weighted by molar-refractivity contribution is 5.92. The second-order valence-corrected chi connectivity index (χ2v) is 6.92. The van der Waals surface area contributed by atoms with Gasteiger partial charge in [-0.3, -0.25) is 9.69 Å². The molecule has 1 heterocycles. The van der Waals surface area contributed by atoms with Crippen LogP contribution in [0.15, 0.2) is 48.5 Å². The minimum atomic E-state index is -0.585. The van der Waals surface area contributed by atoms with Crippen LogP contribution in [0.4, 0.5) is 0 Å². The van der Waals surface area contributed by atoms with Crippen LogP contribution in [0.3, 0.4) is 0 Å². The van der Waals surface area contributed by atoms with Crippen molar-refractivity contribution in [2.24, 2.45) is 0 Å². The summed E-state index contributed by atoms with van der Waals surface area (Å²) in [4.78, 5) is 26.7. The van der Waals surface area contributed by atoms with Gasteiger partial charge in [-0.25, -0.2) is 4.79 Å². The number of nitrogens with zero attached hydrogens (tertiary/aromatic N) is 1. The first-order valence-corrected chi connectivity index (χ1v) is 9.54. The average molecular weight is 398 g/mol. The normalized spacial score (nSPS) is 16.3. The molecule has 0 aromatic heterocycles. The van der Waals surface area contributed by atoms with E-state index in [9.17, 15) is 9.59 Å². The minimum Gasteiger partial charge on any atom is -0.493 e. The van der Waals surface area contributed by atoms with Crippen molar-refractivity contribution in [3.8, 4) is 11.5 Å². The lowest BCUT2D eigenvalue weighted by atomic mass is 10.2. The lowest BCUT2D eigenvalue weighted by molar-refractivity contribution is -0.124. The number of carbonyl (C=O) groups is 2. The van der Waals surface area contributed by atoms with Crippen LogP contribution in [-0.4, -0.2) is 56.7 Å². The fourth-order valence-corrected chi connectivity index (χ4v) is 3.38. The summed E-state index contributed by atoms with van der Waals surface area (Å²) in [7, 11) is 3.01. The topological polar surface area (TPSA) is 77.1 Å². The Labute approximate surface area is 170 Å². The van der Waals surface area contributed by atoms with Gasteiger partial charge >= 0.3 is 5.97 Å². The second-order valence-electron chi connectivity index (χ2n) is 6.92. The first-order valence-electron chi connectivity index (χ1n) is 9.54. The zero-order chi connectivity index (χ0) is 20.6. The van der Waals surface area contributed by atoms with E-state index in [0.29, 0.717) is 17.1 Å². The van der Waals surface area contributed by atoms with Crippen LogP contribution in [-0.2, 0) is 16.1 Å². The molecule has 0 radical (unpaired) electrons. The molecule has 7 heteroatoms. The maximum absolute atomic E-state index is 12.2. The van der Waals surface area contributed by atoms with E-state index in [-0.39, 0.29) is 18.6 Å². The number of rotatable bonds is 8. The standard InChI is InChI=1S/C22H26N2O5/c1-27-19-9-8-17(12-20(19)28-2)22(26)29-15-21(25)23-18-10-11-24(14-18)13-16-6-4-3-5-7-16/h3-9,12,18H,10-11,13-15H2,1-2H3,(H,23,25). The Morgan fingerprint density at radius 1 is 1.07 bits per heavy atom. The van der Waals surface area contributed by atoms with E-state index >= 15 is 0 Å². The molecule has 2 aromatic rings. The summed E-state index contributed by atoms with van der Waals surface area (Å²) in [6.45, 7) is 2.25. The third-order valence-electron chi connectivity index (χ3n) is 4.84. The Bertz CT molecular complexity index is 840. The molecule has 1 saturated heterocycles. The van der Waals surface area contributed by atoms with Crippen LogP contribution >= 0.6 is 0 Å². The van der Waals surface area contributed by atoms with Crippen LogP contribution < -0.4 is 14.8 Å². The van der Waals surface area contributed by atoms with Crippen LogP contribution in [0, 0.1) is 0 Å². The van der Waals surface area contributed by atoms with Gasteiger partial charge in [0.2, 0.25) is 0 Å². The molecule has 1 fully saturated rings. The van der Waals surface area contributed by atoms with Gasteiger partial charge in [0.25, 0.3) is 5.91 Å². The number of ether oxygens (including phenoxy) is 3. The predicted octanol–water partition coefficient (Wildman–Crippen LogP) is 2.25. The van der Waals surface area contributed by atoms with Crippen LogP contribution in [0.1, 0.15) is 22.3 Å². The summed E-state index contributed by atoms with van der Waals surface area (Å²) in [5, 5.41) is 2.94. The Morgan fingerprint density at radius 2 is 1.83 bits per heavy atom. The van der Waals surface area contributed by atoms with E-state index < -0.39 is 5.97 Å². The molecule has 1 aliphatic rings. The van der Waals surface area contributed by atoms with E-state index in [1.165, 1.54) is 25.8 Å². The van der Waals surface area contributed by atoms with Crippen molar-refractivity contribution in [3.63, 3.8) is 0 Å². The van der Waals surface area contributed by atoms with Gasteiger partial charge in [-0.2, -0.15) is 0 Å². The first kappa shape index (κ1) is 20.7. The zero-order valence-electron chi connectivity index (χ0n) is 16.7. The van der Waals surface area contributed by atoms with Crippen molar-refractivity contribution in [2.45, 2.75) is 19.0 Å². The number of hydrogen-bond donors (Lipinski definition) is 1. The number of likely N-dealkylation sites (tertiary alicyclic amines) is 1. The summed E-state index contributed by atoms with van der Waals surface area (Å²) in [6.07, 6.45) is 0.877. The molecule has 154 valence electrons. The zero-order valence-corrected chi connectivity index (χ0v) is 16.7. The minimum absolute atomic E-state index is 0.0611. The van der Waals surface area contributed by atoms with Gasteiger partial charge in [-0.15, -0.1) is 0 Å². The second kappa shape index (κ2) is 9.93. The SMILES string of the molecule is COc1ccc(C(=O)OCC(=O)NC2CCN(Cc3ccccc3)C2)cc1OC. The summed E-state index contributed by atoms with van der Waals surface area (Å²) in [5.41, 5.74) is 1.55. The van der Waals surface area contributed by atoms with Crippen molar-refractivity contribution >= 4 is 11.9 Å². The quantitative estimate of drug-likeness (QED) is 0.688. The van der Waals surface area contributed by atoms with Crippen LogP contribution in [0.5, 0.6) is 11.5 Å². The summed E-state index contributed by atoms with van der Waals surface area (Å²) >= 11 is 0. The van der Waals surface area contributed by atoms with E-state index in [4.69, 9.17) is 14.2 Å². The fraction of sp³-hybridized carbons (Fsp3) is 0.364. The summed E-state index contributed by atoms with van der Waals surface area (Å²) < 4.78 is 15.5. The maximum Gasteiger partial charge on any atom is 0.338 e.